The summed E-state index contributed by atoms with van der Waals surface area (Å²) in [5.41, 5.74) is 1.48. The van der Waals surface area contributed by atoms with Crippen molar-refractivity contribution in [3.63, 3.8) is 0 Å². The largest absolute Gasteiger partial charge is 0.338 e. The Morgan fingerprint density at radius 2 is 1.55 bits per heavy atom. The lowest BCUT2D eigenvalue weighted by molar-refractivity contribution is -0.256. The van der Waals surface area contributed by atoms with E-state index in [0.29, 0.717) is 41.6 Å². The van der Waals surface area contributed by atoms with E-state index in [1.165, 1.54) is 29.2 Å². The Balaban J connectivity index is 1.69. The summed E-state index contributed by atoms with van der Waals surface area (Å²) in [5, 5.41) is 0.541. The zero-order chi connectivity index (χ0) is 21.6. The van der Waals surface area contributed by atoms with Gasteiger partial charge in [0.1, 0.15) is 0 Å². The molecule has 5 rings (SSSR count). The standard InChI is InChI=1S/C23H18ClNO5S/c24-16-7-9-17(10-8-16)25-21-12-11-19(31(27,28)18-5-2-1-3-6-18)15-20(21)23(22(25)26)29-13-4-14-30-23/h1-3,5-12,15H,4,13-14H2. The second-order valence-corrected chi connectivity index (χ2v) is 9.67. The van der Waals surface area contributed by atoms with Gasteiger partial charge in [-0.3, -0.25) is 9.69 Å². The number of hydrogen-bond donors (Lipinski definition) is 0. The number of carbonyl (C=O) groups is 1. The maximum Gasteiger partial charge on any atom is 0.297 e. The Bertz CT molecular complexity index is 1250. The van der Waals surface area contributed by atoms with Crippen LogP contribution in [0.5, 0.6) is 0 Å². The van der Waals surface area contributed by atoms with Crippen molar-refractivity contribution < 1.29 is 22.7 Å². The molecule has 2 aliphatic rings. The Morgan fingerprint density at radius 3 is 2.23 bits per heavy atom. The first-order valence-electron chi connectivity index (χ1n) is 9.76. The summed E-state index contributed by atoms with van der Waals surface area (Å²) in [6.07, 6.45) is 0.646. The second-order valence-electron chi connectivity index (χ2n) is 7.28. The van der Waals surface area contributed by atoms with Gasteiger partial charge in [-0.15, -0.1) is 0 Å². The van der Waals surface area contributed by atoms with Gasteiger partial charge in [-0.1, -0.05) is 29.8 Å². The molecule has 6 nitrogen and oxygen atoms in total. The smallest absolute Gasteiger partial charge is 0.297 e. The molecular weight excluding hydrogens is 438 g/mol. The summed E-state index contributed by atoms with van der Waals surface area (Å²) >= 11 is 6.01. The number of sulfone groups is 1. The molecule has 31 heavy (non-hydrogen) atoms. The third-order valence-electron chi connectivity index (χ3n) is 5.40. The molecule has 1 amide bonds. The lowest BCUT2D eigenvalue weighted by Gasteiger charge is -2.32. The molecule has 0 N–H and O–H groups in total. The first-order valence-corrected chi connectivity index (χ1v) is 11.6. The van der Waals surface area contributed by atoms with E-state index in [9.17, 15) is 13.2 Å². The molecule has 0 aliphatic carbocycles. The fourth-order valence-electron chi connectivity index (χ4n) is 3.91. The molecule has 1 spiro atoms. The molecule has 158 valence electrons. The van der Waals surface area contributed by atoms with Crippen LogP contribution in [0.15, 0.2) is 82.6 Å². The van der Waals surface area contributed by atoms with Gasteiger partial charge in [0.05, 0.1) is 28.7 Å². The van der Waals surface area contributed by atoms with Crippen molar-refractivity contribution >= 4 is 38.7 Å². The molecule has 3 aromatic rings. The van der Waals surface area contributed by atoms with E-state index in [1.54, 1.807) is 48.5 Å². The highest BCUT2D eigenvalue weighted by Gasteiger charge is 2.55. The molecule has 1 saturated heterocycles. The van der Waals surface area contributed by atoms with E-state index in [0.717, 1.165) is 0 Å². The maximum atomic E-state index is 13.5. The van der Waals surface area contributed by atoms with Crippen LogP contribution in [0.25, 0.3) is 0 Å². The van der Waals surface area contributed by atoms with Crippen LogP contribution >= 0.6 is 11.6 Å². The van der Waals surface area contributed by atoms with Crippen LogP contribution in [0.2, 0.25) is 5.02 Å². The minimum Gasteiger partial charge on any atom is -0.338 e. The highest BCUT2D eigenvalue weighted by Crippen LogP contribution is 2.49. The molecule has 2 aliphatic heterocycles. The van der Waals surface area contributed by atoms with Crippen molar-refractivity contribution in [2.75, 3.05) is 18.1 Å². The number of benzene rings is 3. The van der Waals surface area contributed by atoms with Crippen LogP contribution in [0, 0.1) is 0 Å². The molecule has 3 aromatic carbocycles. The average Bonchev–Trinajstić information content (AvgIpc) is 3.03. The van der Waals surface area contributed by atoms with Crippen LogP contribution in [0.4, 0.5) is 11.4 Å². The van der Waals surface area contributed by atoms with E-state index >= 15 is 0 Å². The molecule has 0 bridgehead atoms. The quantitative estimate of drug-likeness (QED) is 0.583. The predicted octanol–water partition coefficient (Wildman–Crippen LogP) is 4.44. The molecule has 0 atom stereocenters. The Labute approximate surface area is 184 Å². The predicted molar refractivity (Wildman–Crippen MR) is 115 cm³/mol. The monoisotopic (exact) mass is 455 g/mol. The minimum absolute atomic E-state index is 0.0698. The highest BCUT2D eigenvalue weighted by molar-refractivity contribution is 7.91. The minimum atomic E-state index is -3.78. The van der Waals surface area contributed by atoms with Crippen molar-refractivity contribution in [3.05, 3.63) is 83.4 Å². The number of halogens is 1. The molecule has 8 heteroatoms. The number of amides is 1. The van der Waals surface area contributed by atoms with Gasteiger partial charge in [0.25, 0.3) is 11.7 Å². The maximum absolute atomic E-state index is 13.5. The number of nitrogens with zero attached hydrogens (tertiary/aromatic N) is 1. The van der Waals surface area contributed by atoms with Crippen molar-refractivity contribution in [1.82, 2.24) is 0 Å². The zero-order valence-corrected chi connectivity index (χ0v) is 17.9. The van der Waals surface area contributed by atoms with E-state index in [1.807, 2.05) is 0 Å². The van der Waals surface area contributed by atoms with E-state index < -0.39 is 21.5 Å². The van der Waals surface area contributed by atoms with Crippen LogP contribution in [-0.4, -0.2) is 27.5 Å². The number of anilines is 2. The van der Waals surface area contributed by atoms with Crippen molar-refractivity contribution in [2.45, 2.75) is 22.0 Å². The second kappa shape index (κ2) is 7.46. The Morgan fingerprint density at radius 1 is 0.871 bits per heavy atom. The van der Waals surface area contributed by atoms with Crippen LogP contribution in [-0.2, 0) is 29.9 Å². The number of hydrogen-bond acceptors (Lipinski definition) is 5. The van der Waals surface area contributed by atoms with E-state index in [4.69, 9.17) is 21.1 Å². The highest BCUT2D eigenvalue weighted by atomic mass is 35.5. The van der Waals surface area contributed by atoms with Crippen LogP contribution in [0.3, 0.4) is 0 Å². The van der Waals surface area contributed by atoms with Gasteiger partial charge in [0.2, 0.25) is 9.84 Å². The SMILES string of the molecule is O=C1N(c2ccc(Cl)cc2)c2ccc(S(=O)(=O)c3ccccc3)cc2C12OCCCO2. The molecule has 1 fully saturated rings. The van der Waals surface area contributed by atoms with Crippen molar-refractivity contribution in [1.29, 1.82) is 0 Å². The summed E-state index contributed by atoms with van der Waals surface area (Å²) in [7, 11) is -3.78. The summed E-state index contributed by atoms with van der Waals surface area (Å²) in [6.45, 7) is 0.657. The van der Waals surface area contributed by atoms with Gasteiger partial charge in [-0.2, -0.15) is 0 Å². The first-order chi connectivity index (χ1) is 14.9. The number of carbonyl (C=O) groups excluding carboxylic acids is 1. The number of fused-ring (bicyclic) bond motifs is 2. The number of rotatable bonds is 3. The summed E-state index contributed by atoms with van der Waals surface area (Å²) < 4.78 is 38.1. The summed E-state index contributed by atoms with van der Waals surface area (Å²) in [4.78, 5) is 15.3. The molecule has 0 unspecified atom stereocenters. The summed E-state index contributed by atoms with van der Waals surface area (Å²) in [5.74, 6) is -2.09. The van der Waals surface area contributed by atoms with Gasteiger partial charge in [0.15, 0.2) is 0 Å². The summed E-state index contributed by atoms with van der Waals surface area (Å²) in [6, 6.07) is 19.6. The molecule has 0 radical (unpaired) electrons. The topological polar surface area (TPSA) is 72.9 Å². The lowest BCUT2D eigenvalue weighted by Crippen LogP contribution is -2.46. The van der Waals surface area contributed by atoms with Gasteiger partial charge in [0, 0.05) is 16.3 Å². The van der Waals surface area contributed by atoms with Crippen molar-refractivity contribution in [2.24, 2.45) is 0 Å². The van der Waals surface area contributed by atoms with E-state index in [2.05, 4.69) is 0 Å². The molecule has 0 saturated carbocycles. The molecule has 2 heterocycles. The fourth-order valence-corrected chi connectivity index (χ4v) is 5.34. The number of ether oxygens (including phenoxy) is 2. The Kier molecular flexibility index (Phi) is 4.86. The normalized spacial score (nSPS) is 17.7. The van der Waals surface area contributed by atoms with Gasteiger partial charge in [-0.25, -0.2) is 8.42 Å². The lowest BCUT2D eigenvalue weighted by atomic mass is 10.1. The van der Waals surface area contributed by atoms with Crippen LogP contribution < -0.4 is 4.90 Å². The van der Waals surface area contributed by atoms with Gasteiger partial charge < -0.3 is 9.47 Å². The van der Waals surface area contributed by atoms with E-state index in [-0.39, 0.29) is 9.79 Å². The van der Waals surface area contributed by atoms with Crippen LogP contribution in [0.1, 0.15) is 12.0 Å². The van der Waals surface area contributed by atoms with Gasteiger partial charge in [-0.05, 0) is 61.0 Å². The van der Waals surface area contributed by atoms with Gasteiger partial charge >= 0.3 is 0 Å². The Hall–Kier alpha value is -2.71. The first kappa shape index (κ1) is 20.2. The fraction of sp³-hybridized carbons (Fsp3) is 0.174. The molecular formula is C23H18ClNO5S. The third-order valence-corrected chi connectivity index (χ3v) is 7.42. The zero-order valence-electron chi connectivity index (χ0n) is 16.3. The molecule has 0 aromatic heterocycles. The van der Waals surface area contributed by atoms with Crippen molar-refractivity contribution in [3.8, 4) is 0 Å². The average molecular weight is 456 g/mol. The third kappa shape index (κ3) is 3.16.